The maximum atomic E-state index is 2.28. The molecule has 2 heteroatoms. The number of halogens is 1. The summed E-state index contributed by atoms with van der Waals surface area (Å²) in [5.74, 6) is 0. The Bertz CT molecular complexity index is 146. The molecule has 0 amide bonds. The fourth-order valence-electron chi connectivity index (χ4n) is 0.415. The maximum Gasteiger partial charge on any atom is 2.00 e. The van der Waals surface area contributed by atoms with E-state index in [0.29, 0.717) is 0 Å². The molecule has 0 nitrogen and oxygen atoms in total. The minimum absolute atomic E-state index is 0. The van der Waals surface area contributed by atoms with Gasteiger partial charge in [-0.05, 0) is 34.7 Å². The molecule has 0 N–H and O–H groups in total. The van der Waals surface area contributed by atoms with Crippen molar-refractivity contribution in [3.63, 3.8) is 0 Å². The van der Waals surface area contributed by atoms with Crippen LogP contribution in [0.3, 0.4) is 0 Å². The molecule has 0 bridgehead atoms. The van der Waals surface area contributed by atoms with Gasteiger partial charge in [-0.15, -0.1) is 0 Å². The van der Waals surface area contributed by atoms with Crippen LogP contribution < -0.4 is 0 Å². The molecule has 0 fully saturated rings. The molecule has 0 saturated carbocycles. The molecule has 0 saturated heterocycles. The fraction of sp³-hybridized carbons (Fsp3) is 0. The van der Waals surface area contributed by atoms with Crippen molar-refractivity contribution < 1.29 is 2.85 Å². The zero-order chi connectivity index (χ0) is 5.11. The Morgan fingerprint density at radius 3 is 1.88 bits per heavy atom. The van der Waals surface area contributed by atoms with Crippen LogP contribution in [0.2, 0.25) is 0 Å². The number of hydrogen-bond acceptors (Lipinski definition) is 0. The SMILES string of the molecule is Ic1ccccc1.[H-].[H-].[Mg+2]. The van der Waals surface area contributed by atoms with Gasteiger partial charge in [0.1, 0.15) is 0 Å². The van der Waals surface area contributed by atoms with Gasteiger partial charge in [0.2, 0.25) is 0 Å². The first-order valence-corrected chi connectivity index (χ1v) is 3.18. The van der Waals surface area contributed by atoms with Crippen LogP contribution in [-0.2, 0) is 0 Å². The Hall–Kier alpha value is 0.716. The minimum Gasteiger partial charge on any atom is -1.00 e. The molecule has 40 valence electrons. The van der Waals surface area contributed by atoms with Gasteiger partial charge in [0, 0.05) is 3.57 Å². The molecular formula is C6H7IMg. The van der Waals surface area contributed by atoms with E-state index in [1.54, 1.807) is 0 Å². The first kappa shape index (κ1) is 8.72. The maximum absolute atomic E-state index is 2.28. The minimum atomic E-state index is 0. The molecule has 1 rings (SSSR count). The van der Waals surface area contributed by atoms with Crippen molar-refractivity contribution >= 4 is 45.6 Å². The largest absolute Gasteiger partial charge is 2.00 e. The molecule has 0 unspecified atom stereocenters. The summed E-state index contributed by atoms with van der Waals surface area (Å²) in [6.07, 6.45) is 0. The van der Waals surface area contributed by atoms with Crippen LogP contribution in [0.15, 0.2) is 30.3 Å². The first-order chi connectivity index (χ1) is 3.39. The quantitative estimate of drug-likeness (QED) is 0.473. The van der Waals surface area contributed by atoms with Crippen LogP contribution in [-0.4, -0.2) is 23.1 Å². The van der Waals surface area contributed by atoms with Gasteiger partial charge in [0.15, 0.2) is 0 Å². The van der Waals surface area contributed by atoms with E-state index in [1.165, 1.54) is 3.57 Å². The van der Waals surface area contributed by atoms with Gasteiger partial charge in [-0.2, -0.15) is 0 Å². The molecule has 8 heavy (non-hydrogen) atoms. The van der Waals surface area contributed by atoms with Crippen LogP contribution >= 0.6 is 22.6 Å². The third kappa shape index (κ3) is 2.89. The van der Waals surface area contributed by atoms with Crippen LogP contribution in [0, 0.1) is 3.57 Å². The van der Waals surface area contributed by atoms with Gasteiger partial charge in [0.25, 0.3) is 0 Å². The predicted molar refractivity (Wildman–Crippen MR) is 47.1 cm³/mol. The van der Waals surface area contributed by atoms with Crippen molar-refractivity contribution in [2.45, 2.75) is 0 Å². The molecule has 0 aromatic heterocycles. The van der Waals surface area contributed by atoms with Crippen LogP contribution in [0.4, 0.5) is 0 Å². The second-order valence-corrected chi connectivity index (χ2v) is 2.54. The standard InChI is InChI=1S/C6H5I.Mg.2H/c7-6-4-2-1-3-5-6;;;/h1-5H;;;/q;+2;2*-1. The van der Waals surface area contributed by atoms with E-state index in [-0.39, 0.29) is 25.9 Å². The second kappa shape index (κ2) is 4.58. The van der Waals surface area contributed by atoms with Crippen molar-refractivity contribution in [2.75, 3.05) is 0 Å². The van der Waals surface area contributed by atoms with Crippen LogP contribution in [0.5, 0.6) is 0 Å². The number of benzene rings is 1. The summed E-state index contributed by atoms with van der Waals surface area (Å²) in [7, 11) is 0. The molecule has 0 spiro atoms. The molecule has 0 heterocycles. The summed E-state index contributed by atoms with van der Waals surface area (Å²) in [5, 5.41) is 0. The van der Waals surface area contributed by atoms with Crippen molar-refractivity contribution in [3.05, 3.63) is 33.9 Å². The van der Waals surface area contributed by atoms with Gasteiger partial charge in [-0.25, -0.2) is 0 Å². The summed E-state index contributed by atoms with van der Waals surface area (Å²) in [6.45, 7) is 0. The average Bonchev–Trinajstić information content (AvgIpc) is 1.69. The Morgan fingerprint density at radius 2 is 1.62 bits per heavy atom. The summed E-state index contributed by atoms with van der Waals surface area (Å²) in [4.78, 5) is 0. The van der Waals surface area contributed by atoms with E-state index in [0.717, 1.165) is 0 Å². The third-order valence-electron chi connectivity index (χ3n) is 0.733. The molecule has 0 aliphatic carbocycles. The predicted octanol–water partition coefficient (Wildman–Crippen LogP) is 2.14. The Labute approximate surface area is 81.9 Å². The fourth-order valence-corrected chi connectivity index (χ4v) is 0.830. The van der Waals surface area contributed by atoms with Gasteiger partial charge < -0.3 is 2.85 Å². The van der Waals surface area contributed by atoms with Crippen molar-refractivity contribution in [1.82, 2.24) is 0 Å². The summed E-state index contributed by atoms with van der Waals surface area (Å²) >= 11 is 2.28. The van der Waals surface area contributed by atoms with Crippen LogP contribution in [0.25, 0.3) is 0 Å². The number of rotatable bonds is 0. The smallest absolute Gasteiger partial charge is 1.00 e. The van der Waals surface area contributed by atoms with Gasteiger partial charge in [-0.3, -0.25) is 0 Å². The van der Waals surface area contributed by atoms with E-state index >= 15 is 0 Å². The van der Waals surface area contributed by atoms with E-state index in [2.05, 4.69) is 34.7 Å². The Balaban J connectivity index is -0.000000163. The first-order valence-electron chi connectivity index (χ1n) is 2.10. The zero-order valence-electron chi connectivity index (χ0n) is 6.47. The van der Waals surface area contributed by atoms with Crippen molar-refractivity contribution in [3.8, 4) is 0 Å². The molecular weight excluding hydrogens is 223 g/mol. The summed E-state index contributed by atoms with van der Waals surface area (Å²) in [6, 6.07) is 10.2. The average molecular weight is 230 g/mol. The monoisotopic (exact) mass is 230 g/mol. The zero-order valence-corrected chi connectivity index (χ0v) is 8.04. The molecule has 0 aliphatic heterocycles. The van der Waals surface area contributed by atoms with Gasteiger partial charge in [-0.1, -0.05) is 18.2 Å². The summed E-state index contributed by atoms with van der Waals surface area (Å²) in [5.41, 5.74) is 0. The van der Waals surface area contributed by atoms with E-state index < -0.39 is 0 Å². The topological polar surface area (TPSA) is 0 Å². The van der Waals surface area contributed by atoms with Crippen molar-refractivity contribution in [1.29, 1.82) is 0 Å². The number of hydrogen-bond donors (Lipinski definition) is 0. The van der Waals surface area contributed by atoms with Crippen LogP contribution in [0.1, 0.15) is 2.85 Å². The second-order valence-electron chi connectivity index (χ2n) is 1.30. The Kier molecular flexibility index (Phi) is 4.99. The Morgan fingerprint density at radius 1 is 1.12 bits per heavy atom. The molecule has 0 radical (unpaired) electrons. The third-order valence-corrected chi connectivity index (χ3v) is 1.45. The van der Waals surface area contributed by atoms with E-state index in [9.17, 15) is 0 Å². The molecule has 0 atom stereocenters. The molecule has 0 aliphatic rings. The van der Waals surface area contributed by atoms with Gasteiger partial charge in [0.05, 0.1) is 0 Å². The van der Waals surface area contributed by atoms with Crippen molar-refractivity contribution in [2.24, 2.45) is 0 Å². The van der Waals surface area contributed by atoms with E-state index in [4.69, 9.17) is 0 Å². The van der Waals surface area contributed by atoms with Gasteiger partial charge >= 0.3 is 23.1 Å². The normalized spacial score (nSPS) is 7.62. The molecule has 1 aromatic rings. The summed E-state index contributed by atoms with van der Waals surface area (Å²) < 4.78 is 1.29. The van der Waals surface area contributed by atoms with E-state index in [1.807, 2.05) is 18.2 Å². The molecule has 1 aromatic carbocycles.